The Balaban J connectivity index is 2.60. The van der Waals surface area contributed by atoms with Crippen molar-refractivity contribution < 1.29 is 14.3 Å². The third-order valence-corrected chi connectivity index (χ3v) is 3.88. The predicted molar refractivity (Wildman–Crippen MR) is 108 cm³/mol. The predicted octanol–water partition coefficient (Wildman–Crippen LogP) is 4.75. The normalized spacial score (nSPS) is 13.3. The van der Waals surface area contributed by atoms with Crippen molar-refractivity contribution in [3.8, 4) is 5.75 Å². The number of benzene rings is 1. The van der Waals surface area contributed by atoms with Gasteiger partial charge in [0.05, 0.1) is 13.2 Å². The summed E-state index contributed by atoms with van der Waals surface area (Å²) in [6.07, 6.45) is 2.79. The highest BCUT2D eigenvalue weighted by Crippen LogP contribution is 2.21. The summed E-state index contributed by atoms with van der Waals surface area (Å²) >= 11 is 0. The standard InChI is InChI=1S/C22H37NO3/c1-8-25-20(24)19(23-22(5,6)7)16-17-10-12-18(13-11-17)26-15-9-14-21(2,3)4/h10-13,19,23H,8-9,14-16H2,1-7H3. The average Bonchev–Trinajstić information content (AvgIpc) is 2.50. The molecule has 1 aromatic rings. The molecule has 0 aromatic heterocycles. The second-order valence-corrected chi connectivity index (χ2v) is 9.06. The van der Waals surface area contributed by atoms with E-state index in [0.29, 0.717) is 18.4 Å². The lowest BCUT2D eigenvalue weighted by atomic mass is 9.91. The molecule has 1 atom stereocenters. The molecule has 0 amide bonds. The van der Waals surface area contributed by atoms with Crippen molar-refractivity contribution >= 4 is 5.97 Å². The van der Waals surface area contributed by atoms with E-state index in [9.17, 15) is 4.79 Å². The van der Waals surface area contributed by atoms with Crippen LogP contribution in [0.2, 0.25) is 0 Å². The molecule has 0 aliphatic rings. The van der Waals surface area contributed by atoms with Gasteiger partial charge in [-0.2, -0.15) is 0 Å². The van der Waals surface area contributed by atoms with E-state index < -0.39 is 0 Å². The first kappa shape index (κ1) is 22.5. The smallest absolute Gasteiger partial charge is 0.323 e. The molecule has 0 saturated heterocycles. The molecule has 0 bridgehead atoms. The minimum absolute atomic E-state index is 0.159. The number of ether oxygens (including phenoxy) is 2. The third kappa shape index (κ3) is 9.81. The van der Waals surface area contributed by atoms with E-state index in [1.165, 1.54) is 0 Å². The van der Waals surface area contributed by atoms with Gasteiger partial charge in [-0.3, -0.25) is 10.1 Å². The fourth-order valence-corrected chi connectivity index (χ4v) is 2.71. The molecule has 0 saturated carbocycles. The summed E-state index contributed by atoms with van der Waals surface area (Å²) in [6, 6.07) is 7.65. The minimum Gasteiger partial charge on any atom is -0.494 e. The molecule has 148 valence electrons. The van der Waals surface area contributed by atoms with Gasteiger partial charge in [-0.1, -0.05) is 32.9 Å². The maximum Gasteiger partial charge on any atom is 0.323 e. The highest BCUT2D eigenvalue weighted by atomic mass is 16.5. The molecule has 1 rings (SSSR count). The lowest BCUT2D eigenvalue weighted by Crippen LogP contribution is -2.49. The van der Waals surface area contributed by atoms with Crippen LogP contribution in [0, 0.1) is 5.41 Å². The van der Waals surface area contributed by atoms with Crippen LogP contribution in [-0.4, -0.2) is 30.8 Å². The molecular weight excluding hydrogens is 326 g/mol. The van der Waals surface area contributed by atoms with Crippen LogP contribution in [0.1, 0.15) is 66.9 Å². The van der Waals surface area contributed by atoms with Crippen LogP contribution in [0.5, 0.6) is 5.75 Å². The summed E-state index contributed by atoms with van der Waals surface area (Å²) in [7, 11) is 0. The minimum atomic E-state index is -0.353. The van der Waals surface area contributed by atoms with Gasteiger partial charge < -0.3 is 9.47 Å². The molecule has 0 heterocycles. The Bertz CT molecular complexity index is 538. The molecule has 0 aliphatic carbocycles. The fraction of sp³-hybridized carbons (Fsp3) is 0.682. The fourth-order valence-electron chi connectivity index (χ4n) is 2.71. The number of hydrogen-bond donors (Lipinski definition) is 1. The van der Waals surface area contributed by atoms with E-state index in [1.54, 1.807) is 0 Å². The zero-order chi connectivity index (χ0) is 19.8. The van der Waals surface area contributed by atoms with E-state index in [4.69, 9.17) is 9.47 Å². The Morgan fingerprint density at radius 2 is 1.69 bits per heavy atom. The molecular formula is C22H37NO3. The van der Waals surface area contributed by atoms with E-state index in [-0.39, 0.29) is 17.6 Å². The van der Waals surface area contributed by atoms with E-state index in [2.05, 4.69) is 26.1 Å². The van der Waals surface area contributed by atoms with Crippen molar-refractivity contribution in [2.45, 2.75) is 79.3 Å². The molecule has 0 radical (unpaired) electrons. The van der Waals surface area contributed by atoms with Gasteiger partial charge in [0.1, 0.15) is 11.8 Å². The SMILES string of the molecule is CCOC(=O)C(Cc1ccc(OCCCC(C)(C)C)cc1)NC(C)(C)C. The van der Waals surface area contributed by atoms with Crippen molar-refractivity contribution in [1.29, 1.82) is 0 Å². The van der Waals surface area contributed by atoms with Crippen molar-refractivity contribution in [3.05, 3.63) is 29.8 Å². The van der Waals surface area contributed by atoms with Crippen LogP contribution in [0.4, 0.5) is 0 Å². The van der Waals surface area contributed by atoms with Gasteiger partial charge in [-0.15, -0.1) is 0 Å². The summed E-state index contributed by atoms with van der Waals surface area (Å²) in [5.41, 5.74) is 1.27. The number of carbonyl (C=O) groups excluding carboxylic acids is 1. The molecule has 0 aliphatic heterocycles. The number of carbonyl (C=O) groups is 1. The average molecular weight is 364 g/mol. The second-order valence-electron chi connectivity index (χ2n) is 9.06. The molecule has 1 N–H and O–H groups in total. The van der Waals surface area contributed by atoms with Crippen LogP contribution in [0.25, 0.3) is 0 Å². The van der Waals surface area contributed by atoms with Gasteiger partial charge in [-0.05, 0) is 70.1 Å². The van der Waals surface area contributed by atoms with Gasteiger partial charge in [0.15, 0.2) is 0 Å². The Labute approximate surface area is 159 Å². The Morgan fingerprint density at radius 1 is 1.08 bits per heavy atom. The number of hydrogen-bond acceptors (Lipinski definition) is 4. The first-order valence-corrected chi connectivity index (χ1v) is 9.66. The number of rotatable bonds is 9. The maximum atomic E-state index is 12.2. The topological polar surface area (TPSA) is 47.6 Å². The summed E-state index contributed by atoms with van der Waals surface area (Å²) < 4.78 is 11.0. The highest BCUT2D eigenvalue weighted by molar-refractivity contribution is 5.76. The van der Waals surface area contributed by atoms with Gasteiger partial charge in [-0.25, -0.2) is 0 Å². The first-order chi connectivity index (χ1) is 12.0. The van der Waals surface area contributed by atoms with Crippen molar-refractivity contribution in [3.63, 3.8) is 0 Å². The largest absolute Gasteiger partial charge is 0.494 e. The molecule has 0 fully saturated rings. The lowest BCUT2D eigenvalue weighted by Gasteiger charge is -2.27. The van der Waals surface area contributed by atoms with E-state index >= 15 is 0 Å². The Hall–Kier alpha value is -1.55. The van der Waals surface area contributed by atoms with Crippen molar-refractivity contribution in [2.75, 3.05) is 13.2 Å². The van der Waals surface area contributed by atoms with Crippen molar-refractivity contribution in [1.82, 2.24) is 5.32 Å². The molecule has 1 aromatic carbocycles. The van der Waals surface area contributed by atoms with Crippen LogP contribution >= 0.6 is 0 Å². The van der Waals surface area contributed by atoms with Crippen LogP contribution in [-0.2, 0) is 16.0 Å². The van der Waals surface area contributed by atoms with Gasteiger partial charge >= 0.3 is 5.97 Å². The Morgan fingerprint density at radius 3 is 2.19 bits per heavy atom. The van der Waals surface area contributed by atoms with Crippen LogP contribution < -0.4 is 10.1 Å². The van der Waals surface area contributed by atoms with Crippen molar-refractivity contribution in [2.24, 2.45) is 5.41 Å². The molecule has 0 spiro atoms. The summed E-state index contributed by atoms with van der Waals surface area (Å²) in [6.45, 7) is 15.8. The summed E-state index contributed by atoms with van der Waals surface area (Å²) in [4.78, 5) is 12.2. The highest BCUT2D eigenvalue weighted by Gasteiger charge is 2.25. The number of nitrogens with one attached hydrogen (secondary N) is 1. The van der Waals surface area contributed by atoms with Crippen LogP contribution in [0.3, 0.4) is 0 Å². The Kier molecular flexibility index (Phi) is 8.61. The molecule has 4 heteroatoms. The summed E-state index contributed by atoms with van der Waals surface area (Å²) in [5, 5.41) is 3.35. The van der Waals surface area contributed by atoms with E-state index in [0.717, 1.165) is 30.8 Å². The molecule has 4 nitrogen and oxygen atoms in total. The van der Waals surface area contributed by atoms with E-state index in [1.807, 2.05) is 52.0 Å². The zero-order valence-corrected chi connectivity index (χ0v) is 17.6. The van der Waals surface area contributed by atoms with Gasteiger partial charge in [0.2, 0.25) is 0 Å². The monoisotopic (exact) mass is 363 g/mol. The lowest BCUT2D eigenvalue weighted by molar-refractivity contribution is -0.146. The maximum absolute atomic E-state index is 12.2. The zero-order valence-electron chi connectivity index (χ0n) is 17.6. The van der Waals surface area contributed by atoms with Gasteiger partial charge in [0.25, 0.3) is 0 Å². The van der Waals surface area contributed by atoms with Crippen LogP contribution in [0.15, 0.2) is 24.3 Å². The van der Waals surface area contributed by atoms with Gasteiger partial charge in [0, 0.05) is 5.54 Å². The molecule has 1 unspecified atom stereocenters. The molecule has 26 heavy (non-hydrogen) atoms. The third-order valence-electron chi connectivity index (χ3n) is 3.88. The first-order valence-electron chi connectivity index (χ1n) is 9.66. The quantitative estimate of drug-likeness (QED) is 0.508. The second kappa shape index (κ2) is 9.96. The summed E-state index contributed by atoms with van der Waals surface area (Å²) in [5.74, 6) is 0.670. The number of esters is 1.